The Morgan fingerprint density at radius 2 is 2.26 bits per heavy atom. The largest absolute Gasteiger partial charge is 0.395 e. The molecule has 5 nitrogen and oxygen atoms in total. The second kappa shape index (κ2) is 8.58. The first-order valence-corrected chi connectivity index (χ1v) is 7.78. The molecule has 0 aliphatic rings. The van der Waals surface area contributed by atoms with Crippen molar-refractivity contribution in [2.75, 3.05) is 24.8 Å². The molecular weight excluding hydrogens is 286 g/mol. The first-order valence-electron chi connectivity index (χ1n) is 6.12. The van der Waals surface area contributed by atoms with E-state index < -0.39 is 0 Å². The maximum Gasteiger partial charge on any atom is 0.158 e. The highest BCUT2D eigenvalue weighted by Crippen LogP contribution is 2.17. The number of thioether (sulfide) groups is 1. The second-order valence-electron chi connectivity index (χ2n) is 4.02. The van der Waals surface area contributed by atoms with Crippen molar-refractivity contribution in [2.24, 2.45) is 0 Å². The average Bonchev–Trinajstić information content (AvgIpc) is 2.37. The Morgan fingerprint density at radius 1 is 1.53 bits per heavy atom. The molecule has 0 aliphatic heterocycles. The molecule has 1 aromatic heterocycles. The molecule has 0 radical (unpaired) electrons. The minimum absolute atomic E-state index is 0.0749. The summed E-state index contributed by atoms with van der Waals surface area (Å²) < 4.78 is 5.27. The van der Waals surface area contributed by atoms with Gasteiger partial charge in [-0.15, -0.1) is 0 Å². The van der Waals surface area contributed by atoms with E-state index in [1.54, 1.807) is 17.8 Å². The third-order valence-electron chi connectivity index (χ3n) is 2.59. The number of hydrogen-bond acceptors (Lipinski definition) is 6. The topological polar surface area (TPSA) is 67.3 Å². The molecule has 1 heterocycles. The molecule has 1 aromatic rings. The van der Waals surface area contributed by atoms with Crippen molar-refractivity contribution in [3.05, 3.63) is 17.0 Å². The number of aromatic nitrogens is 2. The summed E-state index contributed by atoms with van der Waals surface area (Å²) in [5, 5.41) is 13.0. The van der Waals surface area contributed by atoms with Crippen LogP contribution in [-0.2, 0) is 11.3 Å². The molecule has 0 spiro atoms. The quantitative estimate of drug-likeness (QED) is 0.718. The molecule has 1 rings (SSSR count). The van der Waals surface area contributed by atoms with Gasteiger partial charge in [0.05, 0.1) is 6.61 Å². The maximum atomic E-state index is 9.26. The molecule has 19 heavy (non-hydrogen) atoms. The van der Waals surface area contributed by atoms with Gasteiger partial charge in [0.15, 0.2) is 5.82 Å². The highest BCUT2D eigenvalue weighted by atomic mass is 35.5. The Morgan fingerprint density at radius 3 is 2.84 bits per heavy atom. The predicted molar refractivity (Wildman–Crippen MR) is 79.8 cm³/mol. The number of nitrogens with zero attached hydrogens (tertiary/aromatic N) is 2. The molecule has 0 saturated carbocycles. The minimum atomic E-state index is 0.0749. The normalized spacial score (nSPS) is 14.2. The highest BCUT2D eigenvalue weighted by Gasteiger charge is 2.16. The van der Waals surface area contributed by atoms with Gasteiger partial charge in [-0.25, -0.2) is 9.97 Å². The Bertz CT molecular complexity index is 391. The van der Waals surface area contributed by atoms with E-state index in [2.05, 4.69) is 15.3 Å². The summed E-state index contributed by atoms with van der Waals surface area (Å²) in [6.07, 6.45) is 1.96. The van der Waals surface area contributed by atoms with Gasteiger partial charge in [0.2, 0.25) is 0 Å². The van der Waals surface area contributed by atoms with Gasteiger partial charge in [0.25, 0.3) is 0 Å². The zero-order valence-corrected chi connectivity index (χ0v) is 13.0. The van der Waals surface area contributed by atoms with Crippen LogP contribution in [0.2, 0.25) is 5.15 Å². The summed E-state index contributed by atoms with van der Waals surface area (Å²) in [4.78, 5) is 8.44. The highest BCUT2D eigenvalue weighted by molar-refractivity contribution is 7.99. The lowest BCUT2D eigenvalue weighted by Gasteiger charge is -2.22. The van der Waals surface area contributed by atoms with Crippen LogP contribution in [0.3, 0.4) is 0 Å². The first kappa shape index (κ1) is 16.5. The van der Waals surface area contributed by atoms with Crippen molar-refractivity contribution in [2.45, 2.75) is 31.7 Å². The Labute approximate surface area is 123 Å². The van der Waals surface area contributed by atoms with Crippen LogP contribution in [0.5, 0.6) is 0 Å². The van der Waals surface area contributed by atoms with E-state index >= 15 is 0 Å². The Balaban J connectivity index is 2.74. The molecule has 2 atom stereocenters. The van der Waals surface area contributed by atoms with Crippen molar-refractivity contribution in [1.82, 2.24) is 9.97 Å². The number of hydrogen-bond donors (Lipinski definition) is 2. The van der Waals surface area contributed by atoms with Crippen molar-refractivity contribution < 1.29 is 9.84 Å². The number of anilines is 1. The fraction of sp³-hybridized carbons (Fsp3) is 0.667. The van der Waals surface area contributed by atoms with E-state index in [4.69, 9.17) is 16.3 Å². The van der Waals surface area contributed by atoms with Gasteiger partial charge in [0.1, 0.15) is 17.6 Å². The molecule has 2 N–H and O–H groups in total. The van der Waals surface area contributed by atoms with Gasteiger partial charge in [-0.05, 0) is 20.1 Å². The van der Waals surface area contributed by atoms with E-state index in [0.29, 0.717) is 30.0 Å². The van der Waals surface area contributed by atoms with Crippen molar-refractivity contribution >= 4 is 29.2 Å². The summed E-state index contributed by atoms with van der Waals surface area (Å²) in [7, 11) is 0. The van der Waals surface area contributed by atoms with Crippen LogP contribution in [0.25, 0.3) is 0 Å². The van der Waals surface area contributed by atoms with Gasteiger partial charge in [-0.2, -0.15) is 11.8 Å². The molecule has 0 bridgehead atoms. The van der Waals surface area contributed by atoms with Crippen LogP contribution in [0.1, 0.15) is 19.7 Å². The molecule has 7 heteroatoms. The molecule has 0 aromatic carbocycles. The number of rotatable bonds is 8. The minimum Gasteiger partial charge on any atom is -0.395 e. The smallest absolute Gasteiger partial charge is 0.158 e. The molecule has 0 amide bonds. The lowest BCUT2D eigenvalue weighted by Crippen LogP contribution is -2.31. The van der Waals surface area contributed by atoms with Crippen LogP contribution in [0.15, 0.2) is 6.07 Å². The van der Waals surface area contributed by atoms with Crippen molar-refractivity contribution in [3.63, 3.8) is 0 Å². The number of aliphatic hydroxyl groups excluding tert-OH is 1. The van der Waals surface area contributed by atoms with Crippen LogP contribution in [0.4, 0.5) is 5.82 Å². The van der Waals surface area contributed by atoms with Gasteiger partial charge in [-0.1, -0.05) is 11.6 Å². The third kappa shape index (κ3) is 5.52. The molecule has 108 valence electrons. The molecular formula is C12H20ClN3O2S. The maximum absolute atomic E-state index is 9.26. The van der Waals surface area contributed by atoms with Gasteiger partial charge in [-0.3, -0.25) is 0 Å². The van der Waals surface area contributed by atoms with Crippen molar-refractivity contribution in [3.8, 4) is 0 Å². The fourth-order valence-electron chi connectivity index (χ4n) is 1.56. The number of halogens is 1. The number of aliphatic hydroxyl groups is 1. The van der Waals surface area contributed by atoms with E-state index in [-0.39, 0.29) is 17.9 Å². The summed E-state index contributed by atoms with van der Waals surface area (Å²) >= 11 is 7.56. The lowest BCUT2D eigenvalue weighted by atomic mass is 10.2. The summed E-state index contributed by atoms with van der Waals surface area (Å²) in [5.74, 6) is 1.20. The molecule has 2 unspecified atom stereocenters. The number of ether oxygens (including phenoxy) is 1. The number of nitrogens with one attached hydrogen (secondary N) is 1. The zero-order chi connectivity index (χ0) is 14.3. The summed E-state index contributed by atoms with van der Waals surface area (Å²) in [5.41, 5.74) is 0. The van der Waals surface area contributed by atoms with Crippen LogP contribution in [0, 0.1) is 0 Å². The summed E-state index contributed by atoms with van der Waals surface area (Å²) in [6.45, 7) is 4.96. The Kier molecular flexibility index (Phi) is 7.45. The molecule has 0 fully saturated rings. The van der Waals surface area contributed by atoms with Gasteiger partial charge >= 0.3 is 0 Å². The standard InChI is InChI=1S/C12H20ClN3O2S/c1-4-18-7-12-15-10(13)5-11(16-12)14-8(2)9(6-17)19-3/h5,8-9,17H,4,6-7H2,1-3H3,(H,14,15,16). The monoisotopic (exact) mass is 305 g/mol. The second-order valence-corrected chi connectivity index (χ2v) is 5.48. The molecule has 0 saturated heterocycles. The zero-order valence-electron chi connectivity index (χ0n) is 11.4. The van der Waals surface area contributed by atoms with Crippen LogP contribution in [-0.4, -0.2) is 45.8 Å². The van der Waals surface area contributed by atoms with Crippen molar-refractivity contribution in [1.29, 1.82) is 0 Å². The predicted octanol–water partition coefficient (Wildman–Crippen LogP) is 2.19. The SMILES string of the molecule is CCOCc1nc(Cl)cc(NC(C)C(CO)SC)n1. The fourth-order valence-corrected chi connectivity index (χ4v) is 2.39. The average molecular weight is 306 g/mol. The Hall–Kier alpha value is -0.560. The van der Waals surface area contributed by atoms with E-state index in [9.17, 15) is 5.11 Å². The van der Waals surface area contributed by atoms with Crippen LogP contribution >= 0.6 is 23.4 Å². The summed E-state index contributed by atoms with van der Waals surface area (Å²) in [6, 6.07) is 1.74. The van der Waals surface area contributed by atoms with E-state index in [1.165, 1.54) is 0 Å². The van der Waals surface area contributed by atoms with E-state index in [1.807, 2.05) is 20.1 Å². The van der Waals surface area contributed by atoms with Crippen LogP contribution < -0.4 is 5.32 Å². The first-order chi connectivity index (χ1) is 9.10. The van der Waals surface area contributed by atoms with Gasteiger partial charge < -0.3 is 15.2 Å². The van der Waals surface area contributed by atoms with E-state index in [0.717, 1.165) is 0 Å². The van der Waals surface area contributed by atoms with Gasteiger partial charge in [0, 0.05) is 24.0 Å². The lowest BCUT2D eigenvalue weighted by molar-refractivity contribution is 0.128. The molecule has 0 aliphatic carbocycles. The third-order valence-corrected chi connectivity index (χ3v) is 3.95.